The van der Waals surface area contributed by atoms with Crippen molar-refractivity contribution in [2.24, 2.45) is 0 Å². The summed E-state index contributed by atoms with van der Waals surface area (Å²) in [5, 5.41) is 17.9. The highest BCUT2D eigenvalue weighted by Crippen LogP contribution is 2.30. The molecule has 4 aromatic rings. The van der Waals surface area contributed by atoms with E-state index in [1.54, 1.807) is 12.0 Å². The standard InChI is InChI=1S/C26H29N7O2/c1-17-9-11-20(12-10-17)33-19(3)23-18(2)28-29-25(24(23)30-33)31-13-15-32(16-14-31)26(34)27-21-7-5-6-8-22(21)35-4/h5-12H,13-16H2,1-4H3,(H,27,34). The maximum absolute atomic E-state index is 12.9. The Morgan fingerprint density at radius 2 is 1.66 bits per heavy atom. The van der Waals surface area contributed by atoms with Gasteiger partial charge in [0.1, 0.15) is 11.3 Å². The number of fused-ring (bicyclic) bond motifs is 1. The molecule has 0 saturated carbocycles. The summed E-state index contributed by atoms with van der Waals surface area (Å²) in [6.45, 7) is 8.51. The smallest absolute Gasteiger partial charge is 0.322 e. The fourth-order valence-corrected chi connectivity index (χ4v) is 4.53. The molecule has 2 amide bonds. The number of urea groups is 1. The Morgan fingerprint density at radius 1 is 0.943 bits per heavy atom. The molecule has 9 nitrogen and oxygen atoms in total. The number of aryl methyl sites for hydroxylation is 3. The van der Waals surface area contributed by atoms with E-state index in [1.165, 1.54) is 5.56 Å². The summed E-state index contributed by atoms with van der Waals surface area (Å²) < 4.78 is 7.30. The average Bonchev–Trinajstić information content (AvgIpc) is 3.23. The van der Waals surface area contributed by atoms with Gasteiger partial charge in [0.15, 0.2) is 5.82 Å². The molecule has 2 aromatic carbocycles. The Balaban J connectivity index is 1.36. The largest absolute Gasteiger partial charge is 0.495 e. The van der Waals surface area contributed by atoms with Crippen LogP contribution in [0.3, 0.4) is 0 Å². The number of anilines is 2. The van der Waals surface area contributed by atoms with Crippen LogP contribution in [0.25, 0.3) is 16.6 Å². The number of benzene rings is 2. The zero-order valence-electron chi connectivity index (χ0n) is 20.4. The normalized spacial score (nSPS) is 13.8. The van der Waals surface area contributed by atoms with Gasteiger partial charge in [0.25, 0.3) is 0 Å². The maximum atomic E-state index is 12.9. The lowest BCUT2D eigenvalue weighted by molar-refractivity contribution is 0.208. The van der Waals surface area contributed by atoms with Crippen LogP contribution in [0, 0.1) is 20.8 Å². The molecule has 0 unspecified atom stereocenters. The van der Waals surface area contributed by atoms with E-state index in [9.17, 15) is 4.79 Å². The van der Waals surface area contributed by atoms with Gasteiger partial charge in [-0.1, -0.05) is 29.8 Å². The molecule has 5 rings (SSSR count). The van der Waals surface area contributed by atoms with Gasteiger partial charge in [-0.05, 0) is 45.0 Å². The van der Waals surface area contributed by atoms with Gasteiger partial charge in [0, 0.05) is 26.2 Å². The van der Waals surface area contributed by atoms with Crippen molar-refractivity contribution in [1.29, 1.82) is 0 Å². The van der Waals surface area contributed by atoms with Gasteiger partial charge in [-0.2, -0.15) is 10.2 Å². The summed E-state index contributed by atoms with van der Waals surface area (Å²) in [6, 6.07) is 15.6. The minimum absolute atomic E-state index is 0.145. The fourth-order valence-electron chi connectivity index (χ4n) is 4.53. The second-order valence-corrected chi connectivity index (χ2v) is 8.77. The number of ether oxygens (including phenoxy) is 1. The number of rotatable bonds is 4. The van der Waals surface area contributed by atoms with Gasteiger partial charge in [0.2, 0.25) is 0 Å². The predicted octanol–water partition coefficient (Wildman–Crippen LogP) is 4.10. The van der Waals surface area contributed by atoms with E-state index in [1.807, 2.05) is 35.9 Å². The van der Waals surface area contributed by atoms with Crippen LogP contribution in [-0.4, -0.2) is 64.2 Å². The van der Waals surface area contributed by atoms with Gasteiger partial charge < -0.3 is 19.9 Å². The first-order valence-corrected chi connectivity index (χ1v) is 11.7. The van der Waals surface area contributed by atoms with E-state index < -0.39 is 0 Å². The van der Waals surface area contributed by atoms with Crippen molar-refractivity contribution < 1.29 is 9.53 Å². The SMILES string of the molecule is COc1ccccc1NC(=O)N1CCN(c2nnc(C)c3c(C)n(-c4ccc(C)cc4)nc23)CC1. The molecule has 1 aliphatic rings. The molecule has 9 heteroatoms. The summed E-state index contributed by atoms with van der Waals surface area (Å²) in [6.07, 6.45) is 0. The Bertz CT molecular complexity index is 1370. The minimum atomic E-state index is -0.145. The third-order valence-corrected chi connectivity index (χ3v) is 6.48. The number of nitrogens with zero attached hydrogens (tertiary/aromatic N) is 6. The highest BCUT2D eigenvalue weighted by atomic mass is 16.5. The monoisotopic (exact) mass is 471 g/mol. The number of methoxy groups -OCH3 is 1. The van der Waals surface area contributed by atoms with Crippen LogP contribution in [0.2, 0.25) is 0 Å². The van der Waals surface area contributed by atoms with Crippen LogP contribution < -0.4 is 15.0 Å². The van der Waals surface area contributed by atoms with Crippen LogP contribution in [0.15, 0.2) is 48.5 Å². The summed E-state index contributed by atoms with van der Waals surface area (Å²) in [4.78, 5) is 16.8. The molecule has 180 valence electrons. The Labute approximate surface area is 204 Å². The molecule has 0 atom stereocenters. The molecule has 0 radical (unpaired) electrons. The first-order valence-electron chi connectivity index (χ1n) is 11.7. The number of carbonyl (C=O) groups is 1. The topological polar surface area (TPSA) is 88.4 Å². The Kier molecular flexibility index (Phi) is 5.98. The molecule has 2 aromatic heterocycles. The fraction of sp³-hybridized carbons (Fsp3) is 0.308. The summed E-state index contributed by atoms with van der Waals surface area (Å²) in [7, 11) is 1.59. The van der Waals surface area contributed by atoms with Gasteiger partial charge in [-0.25, -0.2) is 9.48 Å². The van der Waals surface area contributed by atoms with E-state index in [-0.39, 0.29) is 6.03 Å². The van der Waals surface area contributed by atoms with Crippen LogP contribution in [0.1, 0.15) is 17.0 Å². The highest BCUT2D eigenvalue weighted by molar-refractivity contribution is 5.93. The first-order chi connectivity index (χ1) is 17.0. The Morgan fingerprint density at radius 3 is 2.37 bits per heavy atom. The number of hydrogen-bond donors (Lipinski definition) is 1. The van der Waals surface area contributed by atoms with Crippen LogP contribution >= 0.6 is 0 Å². The Hall–Kier alpha value is -4.14. The van der Waals surface area contributed by atoms with Crippen molar-refractivity contribution >= 4 is 28.4 Å². The summed E-state index contributed by atoms with van der Waals surface area (Å²) in [5.74, 6) is 1.39. The molecule has 1 fully saturated rings. The third kappa shape index (κ3) is 4.25. The van der Waals surface area contributed by atoms with Crippen molar-refractivity contribution in [3.63, 3.8) is 0 Å². The molecule has 1 aliphatic heterocycles. The molecule has 1 saturated heterocycles. The highest BCUT2D eigenvalue weighted by Gasteiger charge is 2.26. The molecule has 35 heavy (non-hydrogen) atoms. The molecule has 1 N–H and O–H groups in total. The van der Waals surface area contributed by atoms with E-state index in [2.05, 4.69) is 58.5 Å². The second kappa shape index (κ2) is 9.25. The second-order valence-electron chi connectivity index (χ2n) is 8.77. The van der Waals surface area contributed by atoms with Crippen molar-refractivity contribution in [1.82, 2.24) is 24.9 Å². The quantitative estimate of drug-likeness (QED) is 0.482. The zero-order valence-corrected chi connectivity index (χ0v) is 20.4. The molecular formula is C26H29N7O2. The van der Waals surface area contributed by atoms with Crippen molar-refractivity contribution in [3.8, 4) is 11.4 Å². The summed E-state index contributed by atoms with van der Waals surface area (Å²) >= 11 is 0. The van der Waals surface area contributed by atoms with Gasteiger partial charge >= 0.3 is 6.03 Å². The van der Waals surface area contributed by atoms with E-state index in [0.29, 0.717) is 37.6 Å². The van der Waals surface area contributed by atoms with E-state index in [4.69, 9.17) is 9.84 Å². The number of nitrogens with one attached hydrogen (secondary N) is 1. The van der Waals surface area contributed by atoms with Gasteiger partial charge in [0.05, 0.1) is 35.3 Å². The number of amides is 2. The first kappa shape index (κ1) is 22.6. The molecule has 3 heterocycles. The summed E-state index contributed by atoms with van der Waals surface area (Å²) in [5.41, 5.74) is 5.60. The maximum Gasteiger partial charge on any atom is 0.322 e. The van der Waals surface area contributed by atoms with Gasteiger partial charge in [-0.15, -0.1) is 5.10 Å². The van der Waals surface area contributed by atoms with Crippen molar-refractivity contribution in [2.75, 3.05) is 43.5 Å². The average molecular weight is 472 g/mol. The number of aromatic nitrogens is 4. The third-order valence-electron chi connectivity index (χ3n) is 6.48. The van der Waals surface area contributed by atoms with Crippen molar-refractivity contribution in [3.05, 3.63) is 65.5 Å². The molecule has 0 aliphatic carbocycles. The number of hydrogen-bond acceptors (Lipinski definition) is 6. The molecule has 0 spiro atoms. The predicted molar refractivity (Wildman–Crippen MR) is 137 cm³/mol. The number of para-hydroxylation sites is 2. The van der Waals surface area contributed by atoms with Crippen LogP contribution in [0.4, 0.5) is 16.3 Å². The van der Waals surface area contributed by atoms with E-state index >= 15 is 0 Å². The lowest BCUT2D eigenvalue weighted by atomic mass is 10.2. The van der Waals surface area contributed by atoms with E-state index in [0.717, 1.165) is 33.8 Å². The van der Waals surface area contributed by atoms with Crippen LogP contribution in [0.5, 0.6) is 5.75 Å². The minimum Gasteiger partial charge on any atom is -0.495 e. The lowest BCUT2D eigenvalue weighted by Gasteiger charge is -2.35. The van der Waals surface area contributed by atoms with Crippen LogP contribution in [-0.2, 0) is 0 Å². The molecule has 0 bridgehead atoms. The lowest BCUT2D eigenvalue weighted by Crippen LogP contribution is -2.50. The number of carbonyl (C=O) groups excluding carboxylic acids is 1. The van der Waals surface area contributed by atoms with Crippen molar-refractivity contribution in [2.45, 2.75) is 20.8 Å². The number of piperazine rings is 1. The zero-order chi connectivity index (χ0) is 24.5. The molecular weight excluding hydrogens is 442 g/mol. The van der Waals surface area contributed by atoms with Gasteiger partial charge in [-0.3, -0.25) is 0 Å².